The summed E-state index contributed by atoms with van der Waals surface area (Å²) in [7, 11) is 1.91. The molecule has 148 valence electrons. The Kier molecular flexibility index (Phi) is 4.52. The average Bonchev–Trinajstić information content (AvgIpc) is 3.33. The van der Waals surface area contributed by atoms with Crippen molar-refractivity contribution in [3.63, 3.8) is 0 Å². The molecule has 0 atom stereocenters. The Bertz CT molecular complexity index is 1120. The number of rotatable bonds is 4. The molecule has 0 saturated heterocycles. The first kappa shape index (κ1) is 17.9. The SMILES string of the molecule is Cn1cc(-c2nn(C3CCC(O)CC3)c3cc(Nc4ccccc4)ncc23)cn1. The summed E-state index contributed by atoms with van der Waals surface area (Å²) >= 11 is 0. The Hall–Kier alpha value is -3.19. The maximum Gasteiger partial charge on any atom is 0.132 e. The number of aryl methyl sites for hydroxylation is 1. The molecular formula is C22H24N6O. The van der Waals surface area contributed by atoms with Gasteiger partial charge >= 0.3 is 0 Å². The van der Waals surface area contributed by atoms with Gasteiger partial charge in [0.1, 0.15) is 11.5 Å². The van der Waals surface area contributed by atoms with Crippen LogP contribution in [0.2, 0.25) is 0 Å². The van der Waals surface area contributed by atoms with Crippen molar-refractivity contribution in [2.45, 2.75) is 37.8 Å². The maximum atomic E-state index is 9.92. The Morgan fingerprint density at radius 2 is 1.86 bits per heavy atom. The van der Waals surface area contributed by atoms with Crippen molar-refractivity contribution in [3.05, 3.63) is 55.0 Å². The van der Waals surface area contributed by atoms with Crippen LogP contribution >= 0.6 is 0 Å². The standard InChI is InChI=1S/C22H24N6O/c1-27-14-15(12-24-27)22-19-13-23-21(25-16-5-3-2-4-6-16)11-20(19)28(26-22)17-7-9-18(29)10-8-17/h2-6,11-14,17-18,29H,7-10H2,1H3,(H,23,25). The maximum absolute atomic E-state index is 9.92. The molecule has 5 rings (SSSR count). The van der Waals surface area contributed by atoms with Gasteiger partial charge in [-0.25, -0.2) is 4.98 Å². The number of nitrogens with one attached hydrogen (secondary N) is 1. The van der Waals surface area contributed by atoms with E-state index in [1.165, 1.54) is 0 Å². The van der Waals surface area contributed by atoms with E-state index in [0.717, 1.165) is 59.3 Å². The van der Waals surface area contributed by atoms with Gasteiger partial charge in [0.15, 0.2) is 0 Å². The van der Waals surface area contributed by atoms with Crippen LogP contribution in [0.4, 0.5) is 11.5 Å². The highest BCUT2D eigenvalue weighted by molar-refractivity contribution is 5.94. The molecule has 0 aliphatic heterocycles. The molecular weight excluding hydrogens is 364 g/mol. The minimum absolute atomic E-state index is 0.192. The van der Waals surface area contributed by atoms with Gasteiger partial charge < -0.3 is 10.4 Å². The van der Waals surface area contributed by atoms with Crippen molar-refractivity contribution in [2.24, 2.45) is 7.05 Å². The number of para-hydroxylation sites is 1. The smallest absolute Gasteiger partial charge is 0.132 e. The zero-order valence-corrected chi connectivity index (χ0v) is 16.4. The first-order valence-corrected chi connectivity index (χ1v) is 10.0. The van der Waals surface area contributed by atoms with E-state index in [-0.39, 0.29) is 12.1 Å². The summed E-state index contributed by atoms with van der Waals surface area (Å²) in [4.78, 5) is 4.63. The third kappa shape index (κ3) is 3.49. The van der Waals surface area contributed by atoms with Crippen LogP contribution in [0.5, 0.6) is 0 Å². The number of anilines is 2. The molecule has 0 radical (unpaired) electrons. The van der Waals surface area contributed by atoms with Gasteiger partial charge in [0.05, 0.1) is 23.9 Å². The first-order valence-electron chi connectivity index (χ1n) is 10.0. The largest absolute Gasteiger partial charge is 0.393 e. The molecule has 4 aromatic rings. The number of fused-ring (bicyclic) bond motifs is 1. The summed E-state index contributed by atoms with van der Waals surface area (Å²) in [5.74, 6) is 0.790. The van der Waals surface area contributed by atoms with Crippen LogP contribution in [0.1, 0.15) is 31.7 Å². The number of benzene rings is 1. The van der Waals surface area contributed by atoms with Crippen LogP contribution in [-0.4, -0.2) is 35.8 Å². The van der Waals surface area contributed by atoms with Gasteiger partial charge in [0.2, 0.25) is 0 Å². The van der Waals surface area contributed by atoms with Crippen LogP contribution in [-0.2, 0) is 7.05 Å². The minimum atomic E-state index is -0.192. The second-order valence-electron chi connectivity index (χ2n) is 7.74. The highest BCUT2D eigenvalue weighted by Crippen LogP contribution is 2.35. The molecule has 0 spiro atoms. The fourth-order valence-corrected chi connectivity index (χ4v) is 4.11. The van der Waals surface area contributed by atoms with Crippen LogP contribution in [0, 0.1) is 0 Å². The number of hydrogen-bond acceptors (Lipinski definition) is 5. The average molecular weight is 388 g/mol. The number of aromatic nitrogens is 5. The van der Waals surface area contributed by atoms with Gasteiger partial charge in [-0.15, -0.1) is 0 Å². The normalized spacial score (nSPS) is 19.5. The predicted molar refractivity (Wildman–Crippen MR) is 113 cm³/mol. The van der Waals surface area contributed by atoms with E-state index in [2.05, 4.69) is 26.1 Å². The van der Waals surface area contributed by atoms with Gasteiger partial charge in [-0.3, -0.25) is 9.36 Å². The summed E-state index contributed by atoms with van der Waals surface area (Å²) in [6.07, 6.45) is 9.00. The third-order valence-corrected chi connectivity index (χ3v) is 5.63. The fraction of sp³-hybridized carbons (Fsp3) is 0.318. The van der Waals surface area contributed by atoms with Crippen molar-refractivity contribution in [2.75, 3.05) is 5.32 Å². The van der Waals surface area contributed by atoms with Crippen molar-refractivity contribution >= 4 is 22.4 Å². The van der Waals surface area contributed by atoms with E-state index >= 15 is 0 Å². The lowest BCUT2D eigenvalue weighted by atomic mass is 9.93. The van der Waals surface area contributed by atoms with Crippen LogP contribution in [0.3, 0.4) is 0 Å². The molecule has 0 unspecified atom stereocenters. The van der Waals surface area contributed by atoms with E-state index in [1.54, 1.807) is 4.68 Å². The third-order valence-electron chi connectivity index (χ3n) is 5.63. The molecule has 1 aliphatic rings. The highest BCUT2D eigenvalue weighted by atomic mass is 16.3. The summed E-state index contributed by atoms with van der Waals surface area (Å²) in [5, 5.41) is 23.6. The second kappa shape index (κ2) is 7.33. The monoisotopic (exact) mass is 388 g/mol. The van der Waals surface area contributed by atoms with Crippen molar-refractivity contribution in [1.29, 1.82) is 0 Å². The quantitative estimate of drug-likeness (QED) is 0.551. The molecule has 0 bridgehead atoms. The molecule has 1 fully saturated rings. The zero-order chi connectivity index (χ0) is 19.8. The van der Waals surface area contributed by atoms with Gasteiger partial charge in [-0.1, -0.05) is 18.2 Å². The number of pyridine rings is 1. The lowest BCUT2D eigenvalue weighted by molar-refractivity contribution is 0.109. The lowest BCUT2D eigenvalue weighted by Crippen LogP contribution is -2.21. The number of aliphatic hydroxyl groups excluding tert-OH is 1. The highest BCUT2D eigenvalue weighted by Gasteiger charge is 2.25. The number of hydrogen-bond donors (Lipinski definition) is 2. The van der Waals surface area contributed by atoms with Gasteiger partial charge in [0.25, 0.3) is 0 Å². The fourth-order valence-electron chi connectivity index (χ4n) is 4.11. The van der Waals surface area contributed by atoms with Crippen molar-refractivity contribution in [3.8, 4) is 11.3 Å². The number of nitrogens with zero attached hydrogens (tertiary/aromatic N) is 5. The van der Waals surface area contributed by atoms with E-state index in [1.807, 2.05) is 56.0 Å². The Labute approximate surface area is 169 Å². The molecule has 1 aliphatic carbocycles. The first-order chi connectivity index (χ1) is 14.2. The Morgan fingerprint density at radius 1 is 1.07 bits per heavy atom. The summed E-state index contributed by atoms with van der Waals surface area (Å²) in [5.41, 5.74) is 3.94. The van der Waals surface area contributed by atoms with Crippen LogP contribution in [0.25, 0.3) is 22.2 Å². The molecule has 1 saturated carbocycles. The van der Waals surface area contributed by atoms with E-state index < -0.39 is 0 Å². The number of aliphatic hydroxyl groups is 1. The predicted octanol–water partition coefficient (Wildman–Crippen LogP) is 4.05. The van der Waals surface area contributed by atoms with Crippen molar-refractivity contribution < 1.29 is 5.11 Å². The van der Waals surface area contributed by atoms with Crippen LogP contribution in [0.15, 0.2) is 55.0 Å². The molecule has 29 heavy (non-hydrogen) atoms. The molecule has 2 N–H and O–H groups in total. The van der Waals surface area contributed by atoms with Gasteiger partial charge in [-0.05, 0) is 37.8 Å². The van der Waals surface area contributed by atoms with E-state index in [0.29, 0.717) is 0 Å². The van der Waals surface area contributed by atoms with Gasteiger partial charge in [-0.2, -0.15) is 10.2 Å². The van der Waals surface area contributed by atoms with Gasteiger partial charge in [0, 0.05) is 42.1 Å². The Morgan fingerprint density at radius 3 is 2.59 bits per heavy atom. The van der Waals surface area contributed by atoms with Crippen molar-refractivity contribution in [1.82, 2.24) is 24.5 Å². The van der Waals surface area contributed by atoms with E-state index in [4.69, 9.17) is 5.10 Å². The summed E-state index contributed by atoms with van der Waals surface area (Å²) in [6, 6.07) is 12.4. The summed E-state index contributed by atoms with van der Waals surface area (Å²) in [6.45, 7) is 0. The lowest BCUT2D eigenvalue weighted by Gasteiger charge is -2.26. The zero-order valence-electron chi connectivity index (χ0n) is 16.4. The summed E-state index contributed by atoms with van der Waals surface area (Å²) < 4.78 is 3.91. The second-order valence-corrected chi connectivity index (χ2v) is 7.74. The molecule has 7 heteroatoms. The van der Waals surface area contributed by atoms with Crippen LogP contribution < -0.4 is 5.32 Å². The molecule has 3 aromatic heterocycles. The molecule has 3 heterocycles. The molecule has 7 nitrogen and oxygen atoms in total. The molecule has 0 amide bonds. The molecule has 1 aromatic carbocycles. The Balaban J connectivity index is 1.59. The van der Waals surface area contributed by atoms with E-state index in [9.17, 15) is 5.11 Å². The minimum Gasteiger partial charge on any atom is -0.393 e. The topological polar surface area (TPSA) is 80.8 Å².